The third-order valence-electron chi connectivity index (χ3n) is 2.99. The maximum Gasteiger partial charge on any atom is 0.251 e. The molecule has 3 nitrogen and oxygen atoms in total. The maximum atomic E-state index is 13.4. The zero-order chi connectivity index (χ0) is 14.4. The SMILES string of the molecule is CCN(CC)CC(C)NC(=O)c1ccc(Br)c(F)c1. The number of amides is 1. The van der Waals surface area contributed by atoms with Crippen molar-refractivity contribution >= 4 is 21.8 Å². The number of carbonyl (C=O) groups is 1. The fourth-order valence-corrected chi connectivity index (χ4v) is 2.11. The predicted molar refractivity (Wildman–Crippen MR) is 78.8 cm³/mol. The Morgan fingerprint density at radius 3 is 2.58 bits per heavy atom. The number of hydrogen-bond acceptors (Lipinski definition) is 2. The van der Waals surface area contributed by atoms with E-state index >= 15 is 0 Å². The summed E-state index contributed by atoms with van der Waals surface area (Å²) in [5, 5.41) is 2.88. The summed E-state index contributed by atoms with van der Waals surface area (Å²) in [5.41, 5.74) is 0.340. The molecule has 0 aliphatic heterocycles. The molecule has 0 aromatic heterocycles. The Hall–Kier alpha value is -0.940. The van der Waals surface area contributed by atoms with E-state index in [-0.39, 0.29) is 11.9 Å². The third kappa shape index (κ3) is 4.91. The maximum absolute atomic E-state index is 13.4. The van der Waals surface area contributed by atoms with Crippen LogP contribution in [0.3, 0.4) is 0 Å². The van der Waals surface area contributed by atoms with E-state index in [1.54, 1.807) is 12.1 Å². The number of hydrogen-bond donors (Lipinski definition) is 1. The highest BCUT2D eigenvalue weighted by atomic mass is 79.9. The quantitative estimate of drug-likeness (QED) is 0.869. The van der Waals surface area contributed by atoms with Gasteiger partial charge in [0.1, 0.15) is 5.82 Å². The van der Waals surface area contributed by atoms with E-state index in [0.29, 0.717) is 10.0 Å². The minimum Gasteiger partial charge on any atom is -0.348 e. The molecule has 1 unspecified atom stereocenters. The molecular formula is C14H20BrFN2O. The normalized spacial score (nSPS) is 12.5. The van der Waals surface area contributed by atoms with E-state index in [4.69, 9.17) is 0 Å². The lowest BCUT2D eigenvalue weighted by molar-refractivity contribution is 0.0930. The molecule has 106 valence electrons. The molecule has 0 saturated carbocycles. The van der Waals surface area contributed by atoms with Crippen molar-refractivity contribution in [2.24, 2.45) is 0 Å². The summed E-state index contributed by atoms with van der Waals surface area (Å²) < 4.78 is 13.7. The van der Waals surface area contributed by atoms with Crippen LogP contribution in [-0.2, 0) is 0 Å². The Bertz CT molecular complexity index is 435. The summed E-state index contributed by atoms with van der Waals surface area (Å²) in [6.07, 6.45) is 0. The lowest BCUT2D eigenvalue weighted by Gasteiger charge is -2.23. The minimum absolute atomic E-state index is 0.0270. The van der Waals surface area contributed by atoms with E-state index in [2.05, 4.69) is 40.0 Å². The van der Waals surface area contributed by atoms with E-state index < -0.39 is 5.82 Å². The van der Waals surface area contributed by atoms with E-state index in [0.717, 1.165) is 19.6 Å². The van der Waals surface area contributed by atoms with Crippen molar-refractivity contribution in [3.05, 3.63) is 34.1 Å². The van der Waals surface area contributed by atoms with Gasteiger partial charge in [0.15, 0.2) is 0 Å². The van der Waals surface area contributed by atoms with Gasteiger partial charge in [-0.3, -0.25) is 4.79 Å². The Kier molecular flexibility index (Phi) is 6.45. The molecule has 19 heavy (non-hydrogen) atoms. The number of halogens is 2. The molecule has 0 fully saturated rings. The van der Waals surface area contributed by atoms with E-state index in [1.165, 1.54) is 6.07 Å². The van der Waals surface area contributed by atoms with Crippen LogP contribution in [0.25, 0.3) is 0 Å². The monoisotopic (exact) mass is 330 g/mol. The highest BCUT2D eigenvalue weighted by Gasteiger charge is 2.13. The first kappa shape index (κ1) is 16.1. The average Bonchev–Trinajstić information content (AvgIpc) is 2.38. The van der Waals surface area contributed by atoms with Crippen LogP contribution in [0.1, 0.15) is 31.1 Å². The number of rotatable bonds is 6. The molecule has 0 heterocycles. The van der Waals surface area contributed by atoms with E-state index in [9.17, 15) is 9.18 Å². The lowest BCUT2D eigenvalue weighted by Crippen LogP contribution is -2.41. The van der Waals surface area contributed by atoms with Gasteiger partial charge >= 0.3 is 0 Å². The zero-order valence-electron chi connectivity index (χ0n) is 11.5. The first-order valence-corrected chi connectivity index (χ1v) is 7.25. The van der Waals surface area contributed by atoms with E-state index in [1.807, 2.05) is 6.92 Å². The van der Waals surface area contributed by atoms with Crippen LogP contribution in [0.5, 0.6) is 0 Å². The van der Waals surface area contributed by atoms with Crippen LogP contribution in [0.2, 0.25) is 0 Å². The van der Waals surface area contributed by atoms with Crippen molar-refractivity contribution in [3.63, 3.8) is 0 Å². The van der Waals surface area contributed by atoms with Crippen LogP contribution >= 0.6 is 15.9 Å². The van der Waals surface area contributed by atoms with Gasteiger partial charge in [0.05, 0.1) is 4.47 Å². The van der Waals surface area contributed by atoms with Crippen molar-refractivity contribution < 1.29 is 9.18 Å². The topological polar surface area (TPSA) is 32.3 Å². The Labute approximate surface area is 122 Å². The third-order valence-corrected chi connectivity index (χ3v) is 3.63. The molecule has 1 rings (SSSR count). The molecule has 1 amide bonds. The lowest BCUT2D eigenvalue weighted by atomic mass is 10.2. The van der Waals surface area contributed by atoms with Gasteiger partial charge in [-0.05, 0) is 54.1 Å². The molecule has 1 aromatic rings. The van der Waals surface area contributed by atoms with Gasteiger partial charge in [-0.2, -0.15) is 0 Å². The predicted octanol–water partition coefficient (Wildman–Crippen LogP) is 3.05. The molecular weight excluding hydrogens is 311 g/mol. The molecule has 1 N–H and O–H groups in total. The molecule has 0 saturated heterocycles. The second-order valence-corrected chi connectivity index (χ2v) is 5.34. The number of benzene rings is 1. The highest BCUT2D eigenvalue weighted by Crippen LogP contribution is 2.16. The first-order valence-electron chi connectivity index (χ1n) is 6.46. The second-order valence-electron chi connectivity index (χ2n) is 4.49. The summed E-state index contributed by atoms with van der Waals surface area (Å²) in [5.74, 6) is -0.671. The molecule has 5 heteroatoms. The van der Waals surface area contributed by atoms with Crippen LogP contribution in [0.4, 0.5) is 4.39 Å². The fraction of sp³-hybridized carbons (Fsp3) is 0.500. The Morgan fingerprint density at radius 2 is 2.05 bits per heavy atom. The first-order chi connectivity index (χ1) is 8.97. The largest absolute Gasteiger partial charge is 0.348 e. The van der Waals surface area contributed by atoms with Gasteiger partial charge in [-0.15, -0.1) is 0 Å². The zero-order valence-corrected chi connectivity index (χ0v) is 13.1. The summed E-state index contributed by atoms with van der Waals surface area (Å²) in [6, 6.07) is 4.41. The van der Waals surface area contributed by atoms with Crippen molar-refractivity contribution in [2.75, 3.05) is 19.6 Å². The summed E-state index contributed by atoms with van der Waals surface area (Å²) in [7, 11) is 0. The molecule has 0 aliphatic carbocycles. The summed E-state index contributed by atoms with van der Waals surface area (Å²) in [6.45, 7) is 8.81. The average molecular weight is 331 g/mol. The summed E-state index contributed by atoms with van der Waals surface area (Å²) >= 11 is 3.07. The minimum atomic E-state index is -0.427. The van der Waals surface area contributed by atoms with Gasteiger partial charge < -0.3 is 10.2 Å². The van der Waals surface area contributed by atoms with Gasteiger partial charge in [0.2, 0.25) is 0 Å². The number of likely N-dealkylation sites (N-methyl/N-ethyl adjacent to an activating group) is 1. The molecule has 1 atom stereocenters. The van der Waals surface area contributed by atoms with Crippen LogP contribution in [0, 0.1) is 5.82 Å². The highest BCUT2D eigenvalue weighted by molar-refractivity contribution is 9.10. The van der Waals surface area contributed by atoms with Gasteiger partial charge in [-0.1, -0.05) is 13.8 Å². The molecule has 0 bridgehead atoms. The van der Waals surface area contributed by atoms with Crippen molar-refractivity contribution in [1.29, 1.82) is 0 Å². The van der Waals surface area contributed by atoms with Crippen LogP contribution in [0.15, 0.2) is 22.7 Å². The number of nitrogens with zero attached hydrogens (tertiary/aromatic N) is 1. The molecule has 0 aliphatic rings. The fourth-order valence-electron chi connectivity index (χ4n) is 1.86. The Balaban J connectivity index is 2.61. The standard InChI is InChI=1S/C14H20BrFN2O/c1-4-18(5-2)9-10(3)17-14(19)11-6-7-12(15)13(16)8-11/h6-8,10H,4-5,9H2,1-3H3,(H,17,19). The van der Waals surface area contributed by atoms with Gasteiger partial charge in [0.25, 0.3) is 5.91 Å². The number of nitrogens with one attached hydrogen (secondary N) is 1. The van der Waals surface area contributed by atoms with Gasteiger partial charge in [0, 0.05) is 18.2 Å². The van der Waals surface area contributed by atoms with Crippen molar-refractivity contribution in [3.8, 4) is 0 Å². The van der Waals surface area contributed by atoms with Crippen molar-refractivity contribution in [2.45, 2.75) is 26.8 Å². The Morgan fingerprint density at radius 1 is 1.42 bits per heavy atom. The second kappa shape index (κ2) is 7.60. The van der Waals surface area contributed by atoms with Crippen LogP contribution in [-0.4, -0.2) is 36.5 Å². The molecule has 1 aromatic carbocycles. The van der Waals surface area contributed by atoms with Gasteiger partial charge in [-0.25, -0.2) is 4.39 Å². The smallest absolute Gasteiger partial charge is 0.251 e. The number of carbonyl (C=O) groups excluding carboxylic acids is 1. The van der Waals surface area contributed by atoms with Crippen LogP contribution < -0.4 is 5.32 Å². The molecule has 0 spiro atoms. The molecule has 0 radical (unpaired) electrons. The van der Waals surface area contributed by atoms with Crippen molar-refractivity contribution in [1.82, 2.24) is 10.2 Å². The summed E-state index contributed by atoms with van der Waals surface area (Å²) in [4.78, 5) is 14.2.